The van der Waals surface area contributed by atoms with Gasteiger partial charge < -0.3 is 11.1 Å². The number of hydrogen-bond acceptors (Lipinski definition) is 4. The van der Waals surface area contributed by atoms with Gasteiger partial charge in [-0.1, -0.05) is 15.9 Å². The summed E-state index contributed by atoms with van der Waals surface area (Å²) in [6.45, 7) is 1.26. The number of anilines is 1. The standard InChI is InChI=1S/C13H14BrFN4O/c14-10-3-9(4-11(15)5-10)8-19-13(20)6-12(7-18-19)17-2-1-16/h3-7,17H,1-2,8,16H2. The maximum Gasteiger partial charge on any atom is 0.269 e. The van der Waals surface area contributed by atoms with Crippen LogP contribution in [0.1, 0.15) is 5.56 Å². The van der Waals surface area contributed by atoms with Crippen LogP contribution in [0.4, 0.5) is 10.1 Å². The van der Waals surface area contributed by atoms with Gasteiger partial charge in [0, 0.05) is 23.6 Å². The maximum absolute atomic E-state index is 13.3. The Hall–Kier alpha value is -1.73. The van der Waals surface area contributed by atoms with Crippen LogP contribution in [0.3, 0.4) is 0 Å². The van der Waals surface area contributed by atoms with E-state index in [0.717, 1.165) is 0 Å². The van der Waals surface area contributed by atoms with Gasteiger partial charge in [-0.25, -0.2) is 9.07 Å². The fourth-order valence-electron chi connectivity index (χ4n) is 1.74. The Morgan fingerprint density at radius 3 is 2.80 bits per heavy atom. The quantitative estimate of drug-likeness (QED) is 0.866. The van der Waals surface area contributed by atoms with Gasteiger partial charge in [-0.2, -0.15) is 5.10 Å². The Morgan fingerprint density at radius 2 is 2.15 bits per heavy atom. The second-order valence-corrected chi connectivity index (χ2v) is 5.15. The molecule has 1 heterocycles. The topological polar surface area (TPSA) is 72.9 Å². The molecule has 2 rings (SSSR count). The Kier molecular flexibility index (Phi) is 4.86. The van der Waals surface area contributed by atoms with Crippen LogP contribution in [0, 0.1) is 5.82 Å². The summed E-state index contributed by atoms with van der Waals surface area (Å²) >= 11 is 3.22. The average Bonchev–Trinajstić information content (AvgIpc) is 2.38. The van der Waals surface area contributed by atoms with Crippen molar-refractivity contribution < 1.29 is 4.39 Å². The zero-order valence-corrected chi connectivity index (χ0v) is 12.2. The number of aromatic nitrogens is 2. The summed E-state index contributed by atoms with van der Waals surface area (Å²) in [5, 5.41) is 7.02. The molecule has 5 nitrogen and oxygen atoms in total. The SMILES string of the molecule is NCCNc1cnn(Cc2cc(F)cc(Br)c2)c(=O)c1. The second-order valence-electron chi connectivity index (χ2n) is 4.23. The highest BCUT2D eigenvalue weighted by Crippen LogP contribution is 2.15. The molecule has 0 aliphatic carbocycles. The largest absolute Gasteiger partial charge is 0.382 e. The maximum atomic E-state index is 13.3. The van der Waals surface area contributed by atoms with Crippen molar-refractivity contribution in [2.75, 3.05) is 18.4 Å². The summed E-state index contributed by atoms with van der Waals surface area (Å²) in [5.74, 6) is -0.358. The summed E-state index contributed by atoms with van der Waals surface area (Å²) < 4.78 is 15.2. The van der Waals surface area contributed by atoms with Crippen molar-refractivity contribution >= 4 is 21.6 Å². The number of nitrogens with one attached hydrogen (secondary N) is 1. The Morgan fingerprint density at radius 1 is 1.35 bits per heavy atom. The summed E-state index contributed by atoms with van der Waals surface area (Å²) in [6, 6.07) is 5.92. The first-order chi connectivity index (χ1) is 9.58. The molecular formula is C13H14BrFN4O. The zero-order chi connectivity index (χ0) is 14.5. The molecule has 1 aromatic heterocycles. The molecule has 0 aliphatic rings. The fourth-order valence-corrected chi connectivity index (χ4v) is 2.25. The van der Waals surface area contributed by atoms with Crippen molar-refractivity contribution in [3.05, 3.63) is 56.7 Å². The van der Waals surface area contributed by atoms with E-state index >= 15 is 0 Å². The molecule has 7 heteroatoms. The van der Waals surface area contributed by atoms with Gasteiger partial charge in [-0.3, -0.25) is 4.79 Å². The Balaban J connectivity index is 2.19. The van der Waals surface area contributed by atoms with Gasteiger partial charge in [-0.05, 0) is 23.8 Å². The number of hydrogen-bond donors (Lipinski definition) is 2. The molecule has 2 aromatic rings. The van der Waals surface area contributed by atoms with Crippen LogP contribution in [-0.4, -0.2) is 22.9 Å². The molecule has 0 radical (unpaired) electrons. The van der Waals surface area contributed by atoms with Gasteiger partial charge in [0.1, 0.15) is 5.82 Å². The van der Waals surface area contributed by atoms with Crippen LogP contribution in [0.25, 0.3) is 0 Å². The first-order valence-electron chi connectivity index (χ1n) is 6.04. The van der Waals surface area contributed by atoms with Gasteiger partial charge in [0.2, 0.25) is 0 Å². The van der Waals surface area contributed by atoms with E-state index in [-0.39, 0.29) is 17.9 Å². The number of nitrogens with zero attached hydrogens (tertiary/aromatic N) is 2. The molecular weight excluding hydrogens is 327 g/mol. The molecule has 0 saturated heterocycles. The van der Waals surface area contributed by atoms with Crippen molar-refractivity contribution in [2.24, 2.45) is 5.73 Å². The third-order valence-electron chi connectivity index (χ3n) is 2.60. The highest BCUT2D eigenvalue weighted by atomic mass is 79.9. The molecule has 0 aliphatic heterocycles. The van der Waals surface area contributed by atoms with Crippen LogP contribution in [0.15, 0.2) is 39.7 Å². The summed E-state index contributed by atoms with van der Waals surface area (Å²) in [5.41, 5.74) is 6.40. The lowest BCUT2D eigenvalue weighted by Gasteiger charge is -2.08. The number of nitrogens with two attached hydrogens (primary N) is 1. The Bertz CT molecular complexity index is 639. The van der Waals surface area contributed by atoms with E-state index < -0.39 is 0 Å². The summed E-state index contributed by atoms with van der Waals surface area (Å²) in [7, 11) is 0. The minimum atomic E-state index is -0.358. The smallest absolute Gasteiger partial charge is 0.269 e. The molecule has 0 spiro atoms. The van der Waals surface area contributed by atoms with Crippen LogP contribution < -0.4 is 16.6 Å². The highest BCUT2D eigenvalue weighted by molar-refractivity contribution is 9.10. The zero-order valence-electron chi connectivity index (χ0n) is 10.6. The van der Waals surface area contributed by atoms with E-state index in [2.05, 4.69) is 26.3 Å². The lowest BCUT2D eigenvalue weighted by molar-refractivity contribution is 0.610. The minimum Gasteiger partial charge on any atom is -0.382 e. The Labute approximate surface area is 123 Å². The van der Waals surface area contributed by atoms with Gasteiger partial charge >= 0.3 is 0 Å². The van der Waals surface area contributed by atoms with E-state index in [0.29, 0.717) is 28.8 Å². The van der Waals surface area contributed by atoms with Crippen LogP contribution >= 0.6 is 15.9 Å². The van der Waals surface area contributed by atoms with Crippen molar-refractivity contribution in [3.8, 4) is 0 Å². The van der Waals surface area contributed by atoms with Gasteiger partial charge in [0.25, 0.3) is 5.56 Å². The molecule has 106 valence electrons. The number of benzene rings is 1. The van der Waals surface area contributed by atoms with Crippen molar-refractivity contribution in [3.63, 3.8) is 0 Å². The minimum absolute atomic E-state index is 0.215. The second kappa shape index (κ2) is 6.62. The van der Waals surface area contributed by atoms with Crippen molar-refractivity contribution in [1.82, 2.24) is 9.78 Å². The average molecular weight is 341 g/mol. The molecule has 0 amide bonds. The van der Waals surface area contributed by atoms with Gasteiger partial charge in [0.15, 0.2) is 0 Å². The van der Waals surface area contributed by atoms with Crippen molar-refractivity contribution in [2.45, 2.75) is 6.54 Å². The third kappa shape index (κ3) is 3.88. The van der Waals surface area contributed by atoms with Crippen LogP contribution in [0.5, 0.6) is 0 Å². The molecule has 0 saturated carbocycles. The lowest BCUT2D eigenvalue weighted by atomic mass is 10.2. The first kappa shape index (κ1) is 14.7. The molecule has 0 fully saturated rings. The molecule has 0 bridgehead atoms. The highest BCUT2D eigenvalue weighted by Gasteiger charge is 2.04. The number of halogens is 2. The van der Waals surface area contributed by atoms with Gasteiger partial charge in [0.05, 0.1) is 18.4 Å². The molecule has 1 aromatic carbocycles. The van der Waals surface area contributed by atoms with Crippen molar-refractivity contribution in [1.29, 1.82) is 0 Å². The van der Waals surface area contributed by atoms with E-state index in [1.165, 1.54) is 22.9 Å². The lowest BCUT2D eigenvalue weighted by Crippen LogP contribution is -2.24. The van der Waals surface area contributed by atoms with Gasteiger partial charge in [-0.15, -0.1) is 0 Å². The van der Waals surface area contributed by atoms with Crippen LogP contribution in [-0.2, 0) is 6.54 Å². The summed E-state index contributed by atoms with van der Waals surface area (Å²) in [6.07, 6.45) is 1.55. The predicted octanol–water partition coefficient (Wildman–Crippen LogP) is 1.56. The molecule has 20 heavy (non-hydrogen) atoms. The molecule has 3 N–H and O–H groups in total. The van der Waals surface area contributed by atoms with E-state index in [4.69, 9.17) is 5.73 Å². The monoisotopic (exact) mass is 340 g/mol. The number of rotatable bonds is 5. The van der Waals surface area contributed by atoms with Crippen LogP contribution in [0.2, 0.25) is 0 Å². The third-order valence-corrected chi connectivity index (χ3v) is 3.06. The fraction of sp³-hybridized carbons (Fsp3) is 0.231. The summed E-state index contributed by atoms with van der Waals surface area (Å²) in [4.78, 5) is 11.9. The van der Waals surface area contributed by atoms with E-state index in [1.54, 1.807) is 12.3 Å². The molecule has 0 atom stereocenters. The predicted molar refractivity (Wildman–Crippen MR) is 79.2 cm³/mol. The first-order valence-corrected chi connectivity index (χ1v) is 6.84. The molecule has 0 unspecified atom stereocenters. The normalized spacial score (nSPS) is 10.6. The van der Waals surface area contributed by atoms with E-state index in [9.17, 15) is 9.18 Å². The van der Waals surface area contributed by atoms with E-state index in [1.807, 2.05) is 0 Å².